The summed E-state index contributed by atoms with van der Waals surface area (Å²) in [6, 6.07) is 6.72. The van der Waals surface area contributed by atoms with Crippen LogP contribution < -0.4 is 5.73 Å². The van der Waals surface area contributed by atoms with E-state index in [2.05, 4.69) is 0 Å². The van der Waals surface area contributed by atoms with Crippen LogP contribution in [0.5, 0.6) is 0 Å². The van der Waals surface area contributed by atoms with Crippen molar-refractivity contribution in [1.82, 2.24) is 0 Å². The molecule has 0 atom stereocenters. The lowest BCUT2D eigenvalue weighted by Gasteiger charge is -2.13. The van der Waals surface area contributed by atoms with E-state index in [9.17, 15) is 14.4 Å². The molecule has 0 aromatic heterocycles. The molecule has 0 heterocycles. The van der Waals surface area contributed by atoms with E-state index in [0.717, 1.165) is 0 Å². The van der Waals surface area contributed by atoms with Gasteiger partial charge in [0.05, 0.1) is 4.91 Å². The fourth-order valence-corrected chi connectivity index (χ4v) is 2.61. The van der Waals surface area contributed by atoms with Crippen molar-refractivity contribution in [1.29, 1.82) is 0 Å². The first-order chi connectivity index (χ1) is 8.59. The topological polar surface area (TPSA) is 77.2 Å². The molecule has 1 aliphatic rings. The van der Waals surface area contributed by atoms with Crippen molar-refractivity contribution in [3.63, 3.8) is 0 Å². The van der Waals surface area contributed by atoms with Crippen molar-refractivity contribution in [2.45, 2.75) is 6.42 Å². The fourth-order valence-electron chi connectivity index (χ4n) is 1.66. The third-order valence-corrected chi connectivity index (χ3v) is 3.55. The average Bonchev–Trinajstić information content (AvgIpc) is 2.35. The van der Waals surface area contributed by atoms with Gasteiger partial charge in [0.2, 0.25) is 5.91 Å². The number of amides is 1. The number of allylic oxidation sites excluding steroid dienone is 2. The number of fused-ring (bicyclic) bond motifs is 1. The van der Waals surface area contributed by atoms with Gasteiger partial charge in [-0.1, -0.05) is 24.3 Å². The first-order valence-corrected chi connectivity index (χ1v) is 6.39. The van der Waals surface area contributed by atoms with Gasteiger partial charge < -0.3 is 5.73 Å². The molecule has 18 heavy (non-hydrogen) atoms. The first kappa shape index (κ1) is 12.6. The molecule has 2 N–H and O–H groups in total. The van der Waals surface area contributed by atoms with Gasteiger partial charge >= 0.3 is 0 Å². The number of primary amides is 1. The Morgan fingerprint density at radius 2 is 1.83 bits per heavy atom. The Morgan fingerprint density at radius 3 is 2.50 bits per heavy atom. The number of thioether (sulfide) groups is 1. The third-order valence-electron chi connectivity index (χ3n) is 2.53. The van der Waals surface area contributed by atoms with Crippen LogP contribution in [0.25, 0.3) is 0 Å². The van der Waals surface area contributed by atoms with E-state index in [1.165, 1.54) is 17.8 Å². The highest BCUT2D eigenvalue weighted by molar-refractivity contribution is 8.04. The summed E-state index contributed by atoms with van der Waals surface area (Å²) in [5.74, 6) is -0.355. The van der Waals surface area contributed by atoms with Crippen LogP contribution in [0.15, 0.2) is 35.2 Å². The number of hydrogen-bond donors (Lipinski definition) is 1. The molecular weight excluding hydrogens is 250 g/mol. The van der Waals surface area contributed by atoms with E-state index >= 15 is 0 Å². The monoisotopic (exact) mass is 261 g/mol. The molecule has 0 bridgehead atoms. The van der Waals surface area contributed by atoms with Crippen LogP contribution in [-0.4, -0.2) is 23.2 Å². The highest BCUT2D eigenvalue weighted by atomic mass is 32.2. The normalized spacial score (nSPS) is 14.1. The maximum Gasteiger partial charge on any atom is 0.218 e. The van der Waals surface area contributed by atoms with E-state index in [0.29, 0.717) is 21.8 Å². The fraction of sp³-hybridized carbons (Fsp3) is 0.154. The Hall–Kier alpha value is -1.88. The van der Waals surface area contributed by atoms with Crippen LogP contribution in [0.4, 0.5) is 0 Å². The van der Waals surface area contributed by atoms with Gasteiger partial charge in [-0.3, -0.25) is 14.4 Å². The van der Waals surface area contributed by atoms with E-state index < -0.39 is 5.91 Å². The summed E-state index contributed by atoms with van der Waals surface area (Å²) in [6.07, 6.45) is 1.52. The van der Waals surface area contributed by atoms with Crippen molar-refractivity contribution in [3.8, 4) is 0 Å². The van der Waals surface area contributed by atoms with Gasteiger partial charge in [-0.2, -0.15) is 0 Å². The molecular formula is C13H11NO3S. The maximum absolute atomic E-state index is 12.1. The molecule has 92 valence electrons. The summed E-state index contributed by atoms with van der Waals surface area (Å²) < 4.78 is 0. The number of ketones is 2. The predicted octanol–water partition coefficient (Wildman–Crippen LogP) is 1.56. The minimum atomic E-state index is -0.418. The molecule has 2 rings (SSSR count). The van der Waals surface area contributed by atoms with Gasteiger partial charge in [-0.15, -0.1) is 11.8 Å². The summed E-state index contributed by atoms with van der Waals surface area (Å²) in [4.78, 5) is 34.9. The number of rotatable bonds is 4. The Balaban J connectivity index is 2.18. The minimum absolute atomic E-state index is 0.167. The molecule has 0 saturated carbocycles. The van der Waals surface area contributed by atoms with Crippen molar-refractivity contribution in [3.05, 3.63) is 46.4 Å². The number of Topliss-reactive ketones (excluding diaryl/α,β-unsaturated/α-hetero) is 1. The van der Waals surface area contributed by atoms with E-state index in [-0.39, 0.29) is 18.0 Å². The Morgan fingerprint density at radius 1 is 1.17 bits per heavy atom. The van der Waals surface area contributed by atoms with Gasteiger partial charge in [0.15, 0.2) is 11.6 Å². The zero-order valence-corrected chi connectivity index (χ0v) is 10.3. The summed E-state index contributed by atoms with van der Waals surface area (Å²) in [6.45, 7) is 0. The lowest BCUT2D eigenvalue weighted by atomic mass is 9.95. The van der Waals surface area contributed by atoms with Crippen molar-refractivity contribution >= 4 is 29.2 Å². The number of hydrogen-bond acceptors (Lipinski definition) is 4. The number of benzene rings is 1. The zero-order valence-electron chi connectivity index (χ0n) is 9.51. The van der Waals surface area contributed by atoms with Gasteiger partial charge in [0, 0.05) is 29.4 Å². The first-order valence-electron chi connectivity index (χ1n) is 5.40. The Labute approximate surface area is 108 Å². The molecule has 0 fully saturated rings. The van der Waals surface area contributed by atoms with Crippen molar-refractivity contribution in [2.75, 3.05) is 5.75 Å². The smallest absolute Gasteiger partial charge is 0.218 e. The lowest BCUT2D eigenvalue weighted by molar-refractivity contribution is -0.117. The molecule has 5 heteroatoms. The largest absolute Gasteiger partial charge is 0.370 e. The van der Waals surface area contributed by atoms with Crippen LogP contribution in [0.2, 0.25) is 0 Å². The summed E-state index contributed by atoms with van der Waals surface area (Å²) >= 11 is 1.19. The van der Waals surface area contributed by atoms with Crippen molar-refractivity contribution in [2.24, 2.45) is 5.73 Å². The molecule has 1 aliphatic carbocycles. The van der Waals surface area contributed by atoms with Crippen LogP contribution in [0.3, 0.4) is 0 Å². The molecule has 0 saturated heterocycles. The molecule has 0 unspecified atom stereocenters. The predicted molar refractivity (Wildman–Crippen MR) is 69.5 cm³/mol. The van der Waals surface area contributed by atoms with Gasteiger partial charge in [-0.05, 0) is 0 Å². The molecule has 0 aliphatic heterocycles. The SMILES string of the molecule is NC(=O)CCSC1=CC(=O)c2ccccc2C1=O. The zero-order chi connectivity index (χ0) is 13.1. The average molecular weight is 261 g/mol. The second-order valence-electron chi connectivity index (χ2n) is 3.81. The Bertz CT molecular complexity index is 563. The van der Waals surface area contributed by atoms with Crippen LogP contribution in [-0.2, 0) is 4.79 Å². The minimum Gasteiger partial charge on any atom is -0.370 e. The summed E-state index contributed by atoms with van der Waals surface area (Å²) in [7, 11) is 0. The standard InChI is InChI=1S/C13H11NO3S/c14-12(16)5-6-18-11-7-10(15)8-3-1-2-4-9(8)13(11)17/h1-4,7H,5-6H2,(H2,14,16). The van der Waals surface area contributed by atoms with Crippen LogP contribution >= 0.6 is 11.8 Å². The third kappa shape index (κ3) is 2.51. The van der Waals surface area contributed by atoms with E-state index in [4.69, 9.17) is 5.73 Å². The molecule has 0 spiro atoms. The number of nitrogens with two attached hydrogens (primary N) is 1. The molecule has 1 amide bonds. The van der Waals surface area contributed by atoms with E-state index in [1.807, 2.05) is 0 Å². The van der Waals surface area contributed by atoms with Gasteiger partial charge in [-0.25, -0.2) is 0 Å². The molecule has 1 aromatic carbocycles. The highest BCUT2D eigenvalue weighted by Crippen LogP contribution is 2.28. The Kier molecular flexibility index (Phi) is 3.62. The molecule has 1 aromatic rings. The second kappa shape index (κ2) is 5.18. The maximum atomic E-state index is 12.1. The number of carbonyl (C=O) groups is 3. The van der Waals surface area contributed by atoms with E-state index in [1.54, 1.807) is 24.3 Å². The highest BCUT2D eigenvalue weighted by Gasteiger charge is 2.25. The quantitative estimate of drug-likeness (QED) is 0.892. The molecule has 4 nitrogen and oxygen atoms in total. The van der Waals surface area contributed by atoms with Crippen LogP contribution in [0, 0.1) is 0 Å². The van der Waals surface area contributed by atoms with Crippen molar-refractivity contribution < 1.29 is 14.4 Å². The summed E-state index contributed by atoms with van der Waals surface area (Å²) in [5, 5.41) is 0. The summed E-state index contributed by atoms with van der Waals surface area (Å²) in [5.41, 5.74) is 5.88. The second-order valence-corrected chi connectivity index (χ2v) is 4.95. The van der Waals surface area contributed by atoms with Gasteiger partial charge in [0.1, 0.15) is 0 Å². The van der Waals surface area contributed by atoms with Gasteiger partial charge in [0.25, 0.3) is 0 Å². The van der Waals surface area contributed by atoms with Crippen LogP contribution in [0.1, 0.15) is 27.1 Å². The number of carbonyl (C=O) groups excluding carboxylic acids is 3. The molecule has 0 radical (unpaired) electrons. The lowest BCUT2D eigenvalue weighted by Crippen LogP contribution is -2.16.